The Morgan fingerprint density at radius 2 is 2.15 bits per heavy atom. The van der Waals surface area contributed by atoms with Crippen molar-refractivity contribution < 1.29 is 4.79 Å². The van der Waals surface area contributed by atoms with Gasteiger partial charge in [0.2, 0.25) is 0 Å². The first-order valence-electron chi connectivity index (χ1n) is 3.60. The number of hydrogen-bond donors (Lipinski definition) is 1. The molecule has 66 valence electrons. The summed E-state index contributed by atoms with van der Waals surface area (Å²) < 4.78 is 0. The normalized spacial score (nSPS) is 11.8. The van der Waals surface area contributed by atoms with E-state index in [9.17, 15) is 4.79 Å². The quantitative estimate of drug-likeness (QED) is 0.724. The van der Waals surface area contributed by atoms with Crippen molar-refractivity contribution in [3.8, 4) is 6.07 Å². The SMILES string of the molecule is N#C[C@H](N)C(=O)c1ccccc1Cl. The van der Waals surface area contributed by atoms with Crippen molar-refractivity contribution >= 4 is 17.4 Å². The summed E-state index contributed by atoms with van der Waals surface area (Å²) in [6.45, 7) is 0. The summed E-state index contributed by atoms with van der Waals surface area (Å²) in [7, 11) is 0. The Morgan fingerprint density at radius 3 is 2.69 bits per heavy atom. The van der Waals surface area contributed by atoms with E-state index in [1.54, 1.807) is 30.3 Å². The van der Waals surface area contributed by atoms with Crippen molar-refractivity contribution in [3.05, 3.63) is 34.9 Å². The van der Waals surface area contributed by atoms with Gasteiger partial charge in [0.05, 0.1) is 11.1 Å². The summed E-state index contributed by atoms with van der Waals surface area (Å²) in [5.74, 6) is -0.451. The largest absolute Gasteiger partial charge is 0.309 e. The van der Waals surface area contributed by atoms with E-state index < -0.39 is 11.8 Å². The lowest BCUT2D eigenvalue weighted by atomic mass is 10.1. The van der Waals surface area contributed by atoms with E-state index in [1.807, 2.05) is 0 Å². The average Bonchev–Trinajstić information content (AvgIpc) is 2.16. The first kappa shape index (κ1) is 9.72. The van der Waals surface area contributed by atoms with Gasteiger partial charge in [-0.15, -0.1) is 0 Å². The monoisotopic (exact) mass is 194 g/mol. The van der Waals surface area contributed by atoms with Crippen molar-refractivity contribution in [3.63, 3.8) is 0 Å². The van der Waals surface area contributed by atoms with Gasteiger partial charge in [-0.2, -0.15) is 5.26 Å². The van der Waals surface area contributed by atoms with E-state index >= 15 is 0 Å². The summed E-state index contributed by atoms with van der Waals surface area (Å²) in [5.41, 5.74) is 5.54. The van der Waals surface area contributed by atoms with E-state index in [4.69, 9.17) is 22.6 Å². The fourth-order valence-electron chi connectivity index (χ4n) is 0.887. The van der Waals surface area contributed by atoms with Gasteiger partial charge in [-0.1, -0.05) is 23.7 Å². The van der Waals surface area contributed by atoms with E-state index in [-0.39, 0.29) is 0 Å². The molecule has 0 amide bonds. The molecule has 0 spiro atoms. The molecule has 4 heteroatoms. The first-order valence-corrected chi connectivity index (χ1v) is 3.98. The molecule has 0 aromatic heterocycles. The molecule has 0 saturated heterocycles. The number of benzene rings is 1. The van der Waals surface area contributed by atoms with Crippen LogP contribution in [0.15, 0.2) is 24.3 Å². The number of hydrogen-bond acceptors (Lipinski definition) is 3. The number of Topliss-reactive ketones (excluding diaryl/α,β-unsaturated/α-hetero) is 1. The Balaban J connectivity index is 3.04. The number of halogens is 1. The van der Waals surface area contributed by atoms with Crippen molar-refractivity contribution in [1.29, 1.82) is 5.26 Å². The Hall–Kier alpha value is -1.37. The maximum absolute atomic E-state index is 11.4. The third-order valence-corrected chi connectivity index (χ3v) is 1.89. The van der Waals surface area contributed by atoms with Gasteiger partial charge in [-0.05, 0) is 12.1 Å². The number of carbonyl (C=O) groups excluding carboxylic acids is 1. The topological polar surface area (TPSA) is 66.9 Å². The van der Waals surface area contributed by atoms with Crippen LogP contribution in [0.25, 0.3) is 0 Å². The third kappa shape index (κ3) is 2.05. The third-order valence-electron chi connectivity index (χ3n) is 1.56. The molecule has 13 heavy (non-hydrogen) atoms. The zero-order valence-corrected chi connectivity index (χ0v) is 7.45. The van der Waals surface area contributed by atoms with Gasteiger partial charge < -0.3 is 5.73 Å². The number of rotatable bonds is 2. The van der Waals surface area contributed by atoms with Crippen molar-refractivity contribution in [2.75, 3.05) is 0 Å². The predicted octanol–water partition coefficient (Wildman–Crippen LogP) is 1.37. The van der Waals surface area contributed by atoms with Gasteiger partial charge >= 0.3 is 0 Å². The highest BCUT2D eigenvalue weighted by molar-refractivity contribution is 6.34. The molecule has 0 aliphatic heterocycles. The first-order chi connectivity index (χ1) is 6.16. The van der Waals surface area contributed by atoms with Crippen LogP contribution in [0.4, 0.5) is 0 Å². The average molecular weight is 195 g/mol. The molecule has 0 heterocycles. The summed E-state index contributed by atoms with van der Waals surface area (Å²) in [5, 5.41) is 8.74. The Morgan fingerprint density at radius 1 is 1.54 bits per heavy atom. The van der Waals surface area contributed by atoms with Crippen LogP contribution in [0.1, 0.15) is 10.4 Å². The van der Waals surface area contributed by atoms with Gasteiger partial charge in [0.15, 0.2) is 11.8 Å². The van der Waals surface area contributed by atoms with Crippen molar-refractivity contribution in [2.45, 2.75) is 6.04 Å². The van der Waals surface area contributed by atoms with Gasteiger partial charge in [0.1, 0.15) is 0 Å². The zero-order chi connectivity index (χ0) is 9.84. The summed E-state index contributed by atoms with van der Waals surface area (Å²) >= 11 is 5.73. The smallest absolute Gasteiger partial charge is 0.195 e. The second-order valence-corrected chi connectivity index (χ2v) is 2.86. The number of nitrogens with two attached hydrogens (primary N) is 1. The number of nitriles is 1. The minimum atomic E-state index is -1.14. The van der Waals surface area contributed by atoms with Crippen LogP contribution in [0.5, 0.6) is 0 Å². The standard InChI is InChI=1S/C9H7ClN2O/c10-7-4-2-1-3-6(7)9(13)8(12)5-11/h1-4,8H,12H2/t8-/m0/s1. The molecule has 2 N–H and O–H groups in total. The van der Waals surface area contributed by atoms with Gasteiger partial charge in [0, 0.05) is 5.56 Å². The van der Waals surface area contributed by atoms with E-state index in [0.29, 0.717) is 10.6 Å². The summed E-state index contributed by atoms with van der Waals surface area (Å²) in [4.78, 5) is 11.4. The zero-order valence-electron chi connectivity index (χ0n) is 6.70. The molecule has 0 aliphatic carbocycles. The highest BCUT2D eigenvalue weighted by atomic mass is 35.5. The molecular weight excluding hydrogens is 188 g/mol. The van der Waals surface area contributed by atoms with Gasteiger partial charge in [-0.3, -0.25) is 4.79 Å². The molecule has 1 aromatic rings. The predicted molar refractivity (Wildman–Crippen MR) is 49.4 cm³/mol. The number of ketones is 1. The lowest BCUT2D eigenvalue weighted by Gasteiger charge is -2.03. The molecule has 0 radical (unpaired) electrons. The van der Waals surface area contributed by atoms with Crippen molar-refractivity contribution in [2.24, 2.45) is 5.73 Å². The lowest BCUT2D eigenvalue weighted by Crippen LogP contribution is -2.28. The van der Waals surface area contributed by atoms with Crippen LogP contribution in [0.2, 0.25) is 5.02 Å². The Bertz CT molecular complexity index is 370. The molecule has 0 bridgehead atoms. The van der Waals surface area contributed by atoms with Crippen LogP contribution in [0, 0.1) is 11.3 Å². The molecule has 0 unspecified atom stereocenters. The van der Waals surface area contributed by atoms with Crippen LogP contribution >= 0.6 is 11.6 Å². The molecule has 1 atom stereocenters. The van der Waals surface area contributed by atoms with Crippen molar-refractivity contribution in [1.82, 2.24) is 0 Å². The Labute approximate surface area is 80.7 Å². The minimum Gasteiger partial charge on any atom is -0.309 e. The molecule has 1 rings (SSSR count). The second kappa shape index (κ2) is 4.04. The second-order valence-electron chi connectivity index (χ2n) is 2.45. The maximum atomic E-state index is 11.4. The summed E-state index contributed by atoms with van der Waals surface area (Å²) in [6, 6.07) is 7.02. The van der Waals surface area contributed by atoms with Gasteiger partial charge in [0.25, 0.3) is 0 Å². The van der Waals surface area contributed by atoms with Crippen LogP contribution in [0.3, 0.4) is 0 Å². The molecule has 0 saturated carbocycles. The van der Waals surface area contributed by atoms with Crippen LogP contribution in [-0.2, 0) is 0 Å². The maximum Gasteiger partial charge on any atom is 0.195 e. The fourth-order valence-corrected chi connectivity index (χ4v) is 1.12. The minimum absolute atomic E-state index is 0.290. The van der Waals surface area contributed by atoms with E-state index in [2.05, 4.69) is 0 Å². The van der Waals surface area contributed by atoms with Gasteiger partial charge in [-0.25, -0.2) is 0 Å². The van der Waals surface area contributed by atoms with Crippen LogP contribution < -0.4 is 5.73 Å². The highest BCUT2D eigenvalue weighted by Gasteiger charge is 2.16. The molecule has 0 fully saturated rings. The van der Waals surface area contributed by atoms with E-state index in [1.165, 1.54) is 0 Å². The number of carbonyl (C=O) groups is 1. The van der Waals surface area contributed by atoms with E-state index in [0.717, 1.165) is 0 Å². The number of nitrogens with zero attached hydrogens (tertiary/aromatic N) is 1. The molecule has 1 aromatic carbocycles. The Kier molecular flexibility index (Phi) is 3.02. The highest BCUT2D eigenvalue weighted by Crippen LogP contribution is 2.15. The summed E-state index contributed by atoms with van der Waals surface area (Å²) in [6.07, 6.45) is 0. The van der Waals surface area contributed by atoms with Crippen LogP contribution in [-0.4, -0.2) is 11.8 Å². The molecule has 3 nitrogen and oxygen atoms in total. The lowest BCUT2D eigenvalue weighted by molar-refractivity contribution is 0.0980. The molecule has 0 aliphatic rings. The fraction of sp³-hybridized carbons (Fsp3) is 0.111. The molecular formula is C9H7ClN2O.